The first kappa shape index (κ1) is 7.09. The fourth-order valence-electron chi connectivity index (χ4n) is 0.300. The average molecular weight is 116 g/mol. The molecule has 7 heavy (non-hydrogen) atoms. The van der Waals surface area contributed by atoms with E-state index in [1.54, 1.807) is 0 Å². The van der Waals surface area contributed by atoms with Crippen molar-refractivity contribution in [2.24, 2.45) is 0 Å². The molecule has 0 rings (SSSR count). The molecule has 0 spiro atoms. The van der Waals surface area contributed by atoms with Crippen LogP contribution in [0.25, 0.3) is 0 Å². The molecule has 0 radical (unpaired) electrons. The van der Waals surface area contributed by atoms with Gasteiger partial charge in [-0.2, -0.15) is 12.6 Å². The molecule has 0 amide bonds. The van der Waals surface area contributed by atoms with Crippen LogP contribution in [0.4, 0.5) is 0 Å². The van der Waals surface area contributed by atoms with Gasteiger partial charge in [0.1, 0.15) is 0 Å². The van der Waals surface area contributed by atoms with Gasteiger partial charge in [0.15, 0.2) is 0 Å². The first-order valence-corrected chi connectivity index (χ1v) is 3.21. The number of allylic oxidation sites excluding steroid dienone is 1. The van der Waals surface area contributed by atoms with Crippen molar-refractivity contribution in [3.8, 4) is 0 Å². The molecule has 0 saturated carbocycles. The van der Waals surface area contributed by atoms with E-state index in [-0.39, 0.29) is 0 Å². The van der Waals surface area contributed by atoms with E-state index in [4.69, 9.17) is 0 Å². The van der Waals surface area contributed by atoms with Gasteiger partial charge in [0.2, 0.25) is 0 Å². The monoisotopic (exact) mass is 116 g/mol. The van der Waals surface area contributed by atoms with Crippen LogP contribution in [-0.4, -0.2) is 5.75 Å². The van der Waals surface area contributed by atoms with Crippen LogP contribution in [0.5, 0.6) is 0 Å². The van der Waals surface area contributed by atoms with Gasteiger partial charge in [0, 0.05) is 5.75 Å². The van der Waals surface area contributed by atoms with Crippen molar-refractivity contribution in [1.82, 2.24) is 0 Å². The summed E-state index contributed by atoms with van der Waals surface area (Å²) in [6.45, 7) is 4.27. The normalized spacial score (nSPS) is 12.1. The maximum atomic E-state index is 4.04. The molecule has 0 aromatic carbocycles. The van der Waals surface area contributed by atoms with Gasteiger partial charge in [-0.25, -0.2) is 0 Å². The second kappa shape index (κ2) is 4.25. The zero-order valence-electron chi connectivity index (χ0n) is 4.94. The van der Waals surface area contributed by atoms with Gasteiger partial charge in [-0.05, 0) is 13.3 Å². The largest absolute Gasteiger partial charge is 0.175 e. The summed E-state index contributed by atoms with van der Waals surface area (Å²) in [5.41, 5.74) is 1.43. The predicted octanol–water partition coefficient (Wildman–Crippen LogP) is 2.27. The van der Waals surface area contributed by atoms with E-state index in [1.807, 2.05) is 0 Å². The molecule has 0 N–H and O–H groups in total. The quantitative estimate of drug-likeness (QED) is 0.415. The lowest BCUT2D eigenvalue weighted by Crippen LogP contribution is -1.70. The van der Waals surface area contributed by atoms with Crippen molar-refractivity contribution in [3.05, 3.63) is 11.6 Å². The maximum Gasteiger partial charge on any atom is 0.00850 e. The second-order valence-electron chi connectivity index (χ2n) is 1.59. The molecule has 0 aliphatic heterocycles. The minimum atomic E-state index is 0.875. The van der Waals surface area contributed by atoms with E-state index in [0.29, 0.717) is 0 Å². The SMILES string of the molecule is CC/C(C)=C/CS. The molecule has 0 bridgehead atoms. The molecule has 0 aliphatic carbocycles. The third-order valence-electron chi connectivity index (χ3n) is 0.997. The van der Waals surface area contributed by atoms with Gasteiger partial charge in [-0.15, -0.1) is 0 Å². The average Bonchev–Trinajstić information content (AvgIpc) is 1.68. The van der Waals surface area contributed by atoms with Crippen LogP contribution >= 0.6 is 12.6 Å². The molecule has 0 saturated heterocycles. The standard InChI is InChI=1S/C6H12S/c1-3-6(2)4-5-7/h4,7H,3,5H2,1-2H3/b6-4+. The molecular formula is C6H12S. The van der Waals surface area contributed by atoms with E-state index in [0.717, 1.165) is 12.2 Å². The number of thiol groups is 1. The van der Waals surface area contributed by atoms with E-state index in [9.17, 15) is 0 Å². The minimum Gasteiger partial charge on any atom is -0.175 e. The van der Waals surface area contributed by atoms with Crippen molar-refractivity contribution in [2.75, 3.05) is 5.75 Å². The second-order valence-corrected chi connectivity index (χ2v) is 1.95. The van der Waals surface area contributed by atoms with Gasteiger partial charge in [-0.1, -0.05) is 18.6 Å². The van der Waals surface area contributed by atoms with Crippen molar-refractivity contribution in [1.29, 1.82) is 0 Å². The summed E-state index contributed by atoms with van der Waals surface area (Å²) < 4.78 is 0. The molecule has 0 aliphatic rings. The zero-order valence-corrected chi connectivity index (χ0v) is 5.83. The third-order valence-corrected chi connectivity index (χ3v) is 1.18. The van der Waals surface area contributed by atoms with Crippen molar-refractivity contribution in [2.45, 2.75) is 20.3 Å². The van der Waals surface area contributed by atoms with Crippen LogP contribution in [-0.2, 0) is 0 Å². The fraction of sp³-hybridized carbons (Fsp3) is 0.667. The Hall–Kier alpha value is 0.0900. The van der Waals surface area contributed by atoms with Crippen LogP contribution < -0.4 is 0 Å². The Bertz CT molecular complexity index is 64.6. The first-order chi connectivity index (χ1) is 3.31. The van der Waals surface area contributed by atoms with Crippen molar-refractivity contribution < 1.29 is 0 Å². The van der Waals surface area contributed by atoms with Gasteiger partial charge >= 0.3 is 0 Å². The summed E-state index contributed by atoms with van der Waals surface area (Å²) in [6, 6.07) is 0. The molecule has 42 valence electrons. The minimum absolute atomic E-state index is 0.875. The number of hydrogen-bond donors (Lipinski definition) is 1. The highest BCUT2D eigenvalue weighted by Gasteiger charge is 1.77. The number of hydrogen-bond acceptors (Lipinski definition) is 1. The zero-order chi connectivity index (χ0) is 5.70. The highest BCUT2D eigenvalue weighted by molar-refractivity contribution is 7.80. The molecule has 0 fully saturated rings. The van der Waals surface area contributed by atoms with E-state index >= 15 is 0 Å². The highest BCUT2D eigenvalue weighted by atomic mass is 32.1. The number of rotatable bonds is 2. The third kappa shape index (κ3) is 3.93. The Morgan fingerprint density at radius 2 is 2.29 bits per heavy atom. The Labute approximate surface area is 51.0 Å². The summed E-state index contributed by atoms with van der Waals surface area (Å²) in [6.07, 6.45) is 3.28. The molecule has 0 nitrogen and oxygen atoms in total. The van der Waals surface area contributed by atoms with Gasteiger partial charge in [-0.3, -0.25) is 0 Å². The molecule has 1 heteroatoms. The lowest BCUT2D eigenvalue weighted by atomic mass is 10.2. The van der Waals surface area contributed by atoms with Crippen LogP contribution in [0.15, 0.2) is 11.6 Å². The van der Waals surface area contributed by atoms with E-state index < -0.39 is 0 Å². The van der Waals surface area contributed by atoms with E-state index in [1.165, 1.54) is 5.57 Å². The fourth-order valence-corrected chi connectivity index (χ4v) is 0.612. The Morgan fingerprint density at radius 1 is 1.71 bits per heavy atom. The Balaban J connectivity index is 3.29. The van der Waals surface area contributed by atoms with Crippen LogP contribution in [0.2, 0.25) is 0 Å². The lowest BCUT2D eigenvalue weighted by Gasteiger charge is -1.88. The maximum absolute atomic E-state index is 4.04. The van der Waals surface area contributed by atoms with Crippen LogP contribution in [0, 0.1) is 0 Å². The molecule has 0 aromatic heterocycles. The Morgan fingerprint density at radius 3 is 2.43 bits per heavy atom. The Kier molecular flexibility index (Phi) is 4.31. The molecule has 0 heterocycles. The summed E-state index contributed by atoms with van der Waals surface area (Å²) in [5, 5.41) is 0. The summed E-state index contributed by atoms with van der Waals surface area (Å²) in [4.78, 5) is 0. The van der Waals surface area contributed by atoms with E-state index in [2.05, 4.69) is 32.6 Å². The highest BCUT2D eigenvalue weighted by Crippen LogP contribution is 1.96. The van der Waals surface area contributed by atoms with Gasteiger partial charge in [0.25, 0.3) is 0 Å². The molecule has 0 aromatic rings. The molecular weight excluding hydrogens is 104 g/mol. The summed E-state index contributed by atoms with van der Waals surface area (Å²) in [5.74, 6) is 0.875. The predicted molar refractivity (Wildman–Crippen MR) is 37.9 cm³/mol. The van der Waals surface area contributed by atoms with Gasteiger partial charge in [0.05, 0.1) is 0 Å². The molecule has 0 atom stereocenters. The summed E-state index contributed by atoms with van der Waals surface area (Å²) in [7, 11) is 0. The topological polar surface area (TPSA) is 0 Å². The first-order valence-electron chi connectivity index (χ1n) is 2.57. The molecule has 0 unspecified atom stereocenters. The van der Waals surface area contributed by atoms with Crippen LogP contribution in [0.3, 0.4) is 0 Å². The summed E-state index contributed by atoms with van der Waals surface area (Å²) >= 11 is 4.04. The van der Waals surface area contributed by atoms with Gasteiger partial charge < -0.3 is 0 Å². The lowest BCUT2D eigenvalue weighted by molar-refractivity contribution is 1.09. The van der Waals surface area contributed by atoms with Crippen molar-refractivity contribution >= 4 is 12.6 Å². The van der Waals surface area contributed by atoms with Crippen LogP contribution in [0.1, 0.15) is 20.3 Å². The smallest absolute Gasteiger partial charge is 0.00850 e. The van der Waals surface area contributed by atoms with Crippen molar-refractivity contribution in [3.63, 3.8) is 0 Å².